The van der Waals surface area contributed by atoms with Gasteiger partial charge in [0.2, 0.25) is 5.82 Å². The van der Waals surface area contributed by atoms with Gasteiger partial charge in [-0.1, -0.05) is 6.92 Å². The molecule has 0 saturated carbocycles. The Morgan fingerprint density at radius 2 is 2.37 bits per heavy atom. The van der Waals surface area contributed by atoms with Gasteiger partial charge in [-0.05, 0) is 38.6 Å². The maximum atomic E-state index is 12.4. The first-order valence-corrected chi connectivity index (χ1v) is 7.18. The van der Waals surface area contributed by atoms with E-state index in [-0.39, 0.29) is 11.9 Å². The Hall–Kier alpha value is -1.43. The highest BCUT2D eigenvalue weighted by atomic mass is 16.2. The fraction of sp³-hybridized carbons (Fsp3) is 0.769. The number of H-pyrrole nitrogens is 1. The zero-order chi connectivity index (χ0) is 13.7. The SMILES string of the molecule is CCCc1nc(C(=O)N2CCCCC2CCN)n[nH]1. The average molecular weight is 265 g/mol. The third-order valence-electron chi connectivity index (χ3n) is 3.60. The molecule has 6 nitrogen and oxygen atoms in total. The lowest BCUT2D eigenvalue weighted by Gasteiger charge is -2.34. The second kappa shape index (κ2) is 6.65. The number of amides is 1. The van der Waals surface area contributed by atoms with Crippen LogP contribution in [0.4, 0.5) is 0 Å². The molecule has 19 heavy (non-hydrogen) atoms. The topological polar surface area (TPSA) is 87.9 Å². The van der Waals surface area contributed by atoms with Gasteiger partial charge < -0.3 is 10.6 Å². The third-order valence-corrected chi connectivity index (χ3v) is 3.60. The lowest BCUT2D eigenvalue weighted by Crippen LogP contribution is -2.45. The van der Waals surface area contributed by atoms with E-state index in [0.29, 0.717) is 12.4 Å². The van der Waals surface area contributed by atoms with Crippen LogP contribution in [0.2, 0.25) is 0 Å². The number of aromatic amines is 1. The summed E-state index contributed by atoms with van der Waals surface area (Å²) in [6.07, 6.45) is 5.94. The summed E-state index contributed by atoms with van der Waals surface area (Å²) in [4.78, 5) is 18.6. The first-order chi connectivity index (χ1) is 9.26. The number of nitrogens with two attached hydrogens (primary N) is 1. The van der Waals surface area contributed by atoms with Crippen molar-refractivity contribution in [1.82, 2.24) is 20.1 Å². The lowest BCUT2D eigenvalue weighted by molar-refractivity contribution is 0.0592. The number of aryl methyl sites for hydroxylation is 1. The molecule has 1 saturated heterocycles. The molecule has 1 aliphatic heterocycles. The molecular formula is C13H23N5O. The van der Waals surface area contributed by atoms with Crippen LogP contribution in [0.5, 0.6) is 0 Å². The minimum Gasteiger partial charge on any atom is -0.333 e. The van der Waals surface area contributed by atoms with Gasteiger partial charge in [0.1, 0.15) is 5.82 Å². The molecule has 0 bridgehead atoms. The van der Waals surface area contributed by atoms with E-state index in [2.05, 4.69) is 22.1 Å². The summed E-state index contributed by atoms with van der Waals surface area (Å²) < 4.78 is 0. The molecule has 0 spiro atoms. The molecule has 1 aromatic heterocycles. The number of hydrogen-bond acceptors (Lipinski definition) is 4. The molecule has 1 fully saturated rings. The van der Waals surface area contributed by atoms with Gasteiger partial charge >= 0.3 is 0 Å². The monoisotopic (exact) mass is 265 g/mol. The zero-order valence-corrected chi connectivity index (χ0v) is 11.6. The summed E-state index contributed by atoms with van der Waals surface area (Å²) in [7, 11) is 0. The van der Waals surface area contributed by atoms with Crippen molar-refractivity contribution in [2.45, 2.75) is 51.5 Å². The molecule has 1 atom stereocenters. The van der Waals surface area contributed by atoms with E-state index >= 15 is 0 Å². The molecule has 0 radical (unpaired) electrons. The van der Waals surface area contributed by atoms with Gasteiger partial charge in [-0.2, -0.15) is 0 Å². The Balaban J connectivity index is 2.07. The highest BCUT2D eigenvalue weighted by Crippen LogP contribution is 2.20. The van der Waals surface area contributed by atoms with E-state index in [1.165, 1.54) is 6.42 Å². The molecule has 1 amide bonds. The molecule has 2 heterocycles. The van der Waals surface area contributed by atoms with Crippen LogP contribution in [0.15, 0.2) is 0 Å². The van der Waals surface area contributed by atoms with Crippen LogP contribution >= 0.6 is 0 Å². The molecule has 3 N–H and O–H groups in total. The van der Waals surface area contributed by atoms with Crippen molar-refractivity contribution in [2.24, 2.45) is 5.73 Å². The number of aromatic nitrogens is 3. The highest BCUT2D eigenvalue weighted by molar-refractivity contribution is 5.90. The van der Waals surface area contributed by atoms with E-state index in [0.717, 1.165) is 44.5 Å². The second-order valence-corrected chi connectivity index (χ2v) is 5.08. The first kappa shape index (κ1) is 14.0. The number of rotatable bonds is 5. The number of carbonyl (C=O) groups is 1. The van der Waals surface area contributed by atoms with Crippen molar-refractivity contribution >= 4 is 5.91 Å². The Morgan fingerprint density at radius 1 is 1.53 bits per heavy atom. The van der Waals surface area contributed by atoms with Gasteiger partial charge in [0.15, 0.2) is 0 Å². The number of carbonyl (C=O) groups excluding carboxylic acids is 1. The third kappa shape index (κ3) is 3.32. The standard InChI is InChI=1S/C13H23N5O/c1-2-5-11-15-12(17-16-11)13(19)18-9-4-3-6-10(18)7-8-14/h10H,2-9,14H2,1H3,(H,15,16,17). The second-order valence-electron chi connectivity index (χ2n) is 5.08. The average Bonchev–Trinajstić information content (AvgIpc) is 2.88. The van der Waals surface area contributed by atoms with E-state index in [4.69, 9.17) is 5.73 Å². The fourth-order valence-electron chi connectivity index (χ4n) is 2.63. The van der Waals surface area contributed by atoms with E-state index < -0.39 is 0 Å². The van der Waals surface area contributed by atoms with Crippen LogP contribution in [0.25, 0.3) is 0 Å². The molecule has 6 heteroatoms. The van der Waals surface area contributed by atoms with Gasteiger partial charge in [0.05, 0.1) is 0 Å². The van der Waals surface area contributed by atoms with Gasteiger partial charge in [0, 0.05) is 19.0 Å². The Morgan fingerprint density at radius 3 is 3.11 bits per heavy atom. The van der Waals surface area contributed by atoms with Crippen molar-refractivity contribution in [1.29, 1.82) is 0 Å². The summed E-state index contributed by atoms with van der Waals surface area (Å²) in [6, 6.07) is 0.249. The van der Waals surface area contributed by atoms with E-state index in [1.807, 2.05) is 4.90 Å². The highest BCUT2D eigenvalue weighted by Gasteiger charge is 2.29. The van der Waals surface area contributed by atoms with Crippen LogP contribution in [-0.2, 0) is 6.42 Å². The molecule has 0 aromatic carbocycles. The number of nitrogens with one attached hydrogen (secondary N) is 1. The predicted octanol–water partition coefficient (Wildman–Crippen LogP) is 1.10. The minimum absolute atomic E-state index is 0.0586. The molecule has 0 aliphatic carbocycles. The van der Waals surface area contributed by atoms with Crippen LogP contribution in [0.1, 0.15) is 55.5 Å². The van der Waals surface area contributed by atoms with Crippen molar-refractivity contribution in [3.8, 4) is 0 Å². The maximum Gasteiger partial charge on any atom is 0.293 e. The summed E-state index contributed by atoms with van der Waals surface area (Å²) in [5, 5.41) is 6.89. The zero-order valence-electron chi connectivity index (χ0n) is 11.6. The van der Waals surface area contributed by atoms with Crippen molar-refractivity contribution in [2.75, 3.05) is 13.1 Å². The number of likely N-dealkylation sites (tertiary alicyclic amines) is 1. The number of hydrogen-bond donors (Lipinski definition) is 2. The quantitative estimate of drug-likeness (QED) is 0.834. The van der Waals surface area contributed by atoms with Gasteiger partial charge in [0.25, 0.3) is 5.91 Å². The van der Waals surface area contributed by atoms with Crippen LogP contribution in [0, 0.1) is 0 Å². The number of nitrogens with zero attached hydrogens (tertiary/aromatic N) is 3. The predicted molar refractivity (Wildman–Crippen MR) is 72.7 cm³/mol. The number of piperidine rings is 1. The van der Waals surface area contributed by atoms with Crippen LogP contribution < -0.4 is 5.73 Å². The minimum atomic E-state index is -0.0586. The van der Waals surface area contributed by atoms with Crippen LogP contribution in [-0.4, -0.2) is 45.1 Å². The Kier molecular flexibility index (Phi) is 4.90. The molecule has 1 unspecified atom stereocenters. The van der Waals surface area contributed by atoms with Crippen molar-refractivity contribution in [3.05, 3.63) is 11.6 Å². The molecular weight excluding hydrogens is 242 g/mol. The molecule has 1 aromatic rings. The normalized spacial score (nSPS) is 19.7. The summed E-state index contributed by atoms with van der Waals surface area (Å²) >= 11 is 0. The smallest absolute Gasteiger partial charge is 0.293 e. The van der Waals surface area contributed by atoms with Gasteiger partial charge in [-0.3, -0.25) is 9.89 Å². The van der Waals surface area contributed by atoms with Crippen molar-refractivity contribution < 1.29 is 4.79 Å². The van der Waals surface area contributed by atoms with Crippen molar-refractivity contribution in [3.63, 3.8) is 0 Å². The molecule has 106 valence electrons. The largest absolute Gasteiger partial charge is 0.333 e. The maximum absolute atomic E-state index is 12.4. The molecule has 1 aliphatic rings. The van der Waals surface area contributed by atoms with E-state index in [9.17, 15) is 4.79 Å². The molecule has 2 rings (SSSR count). The summed E-state index contributed by atoms with van der Waals surface area (Å²) in [5.74, 6) is 1.03. The Bertz CT molecular complexity index is 415. The first-order valence-electron chi connectivity index (χ1n) is 7.18. The fourth-order valence-corrected chi connectivity index (χ4v) is 2.63. The van der Waals surface area contributed by atoms with E-state index in [1.54, 1.807) is 0 Å². The summed E-state index contributed by atoms with van der Waals surface area (Å²) in [5.41, 5.74) is 5.63. The van der Waals surface area contributed by atoms with Crippen LogP contribution in [0.3, 0.4) is 0 Å². The van der Waals surface area contributed by atoms with Gasteiger partial charge in [-0.25, -0.2) is 4.98 Å². The Labute approximate surface area is 113 Å². The lowest BCUT2D eigenvalue weighted by atomic mass is 9.99. The van der Waals surface area contributed by atoms with Gasteiger partial charge in [-0.15, -0.1) is 5.10 Å². The summed E-state index contributed by atoms with van der Waals surface area (Å²) in [6.45, 7) is 3.48.